The fraction of sp³-hybridized carbons (Fsp3) is 0.875. The summed E-state index contributed by atoms with van der Waals surface area (Å²) in [6.45, 7) is 3.21. The smallest absolute Gasteiger partial charge is 0.0669 e. The molecule has 2 rings (SSSR count). The van der Waals surface area contributed by atoms with Crippen molar-refractivity contribution in [3.05, 3.63) is 0 Å². The second-order valence-corrected chi connectivity index (χ2v) is 6.42. The highest BCUT2D eigenvalue weighted by Crippen LogP contribution is 2.43. The summed E-state index contributed by atoms with van der Waals surface area (Å²) in [5.41, 5.74) is 0.561. The Bertz CT molecular complexity index is 352. The van der Waals surface area contributed by atoms with Crippen LogP contribution in [-0.2, 0) is 0 Å². The molecule has 19 heavy (non-hydrogen) atoms. The van der Waals surface area contributed by atoms with Crippen molar-refractivity contribution in [1.82, 2.24) is 4.90 Å². The molecule has 1 aliphatic heterocycles. The van der Waals surface area contributed by atoms with Crippen molar-refractivity contribution in [3.63, 3.8) is 0 Å². The number of nitriles is 2. The van der Waals surface area contributed by atoms with Gasteiger partial charge in [-0.1, -0.05) is 19.3 Å². The molecule has 2 fully saturated rings. The second-order valence-electron chi connectivity index (χ2n) is 6.42. The molecule has 104 valence electrons. The molecule has 3 heteroatoms. The largest absolute Gasteiger partial charge is 0.301 e. The van der Waals surface area contributed by atoms with Crippen LogP contribution in [0, 0.1) is 34.0 Å². The third kappa shape index (κ3) is 3.95. The molecule has 1 spiro atoms. The van der Waals surface area contributed by atoms with E-state index in [0.29, 0.717) is 11.8 Å². The van der Waals surface area contributed by atoms with E-state index in [4.69, 9.17) is 5.26 Å². The first-order valence-corrected chi connectivity index (χ1v) is 7.77. The standard InChI is InChI=1S/C16H25N3/c17-10-4-6-15(12-18)13-19-11-5-9-16(14-19)7-2-1-3-8-16/h15H,1-9,11,13-14H2/t15-/m0/s1. The van der Waals surface area contributed by atoms with E-state index in [2.05, 4.69) is 17.0 Å². The molecule has 0 bridgehead atoms. The molecule has 3 nitrogen and oxygen atoms in total. The van der Waals surface area contributed by atoms with Crippen LogP contribution in [0.25, 0.3) is 0 Å². The molecule has 0 amide bonds. The maximum Gasteiger partial charge on any atom is 0.0669 e. The van der Waals surface area contributed by atoms with Crippen LogP contribution in [0.2, 0.25) is 0 Å². The van der Waals surface area contributed by atoms with Gasteiger partial charge < -0.3 is 4.90 Å². The molecule has 1 aliphatic carbocycles. The molecule has 0 unspecified atom stereocenters. The minimum Gasteiger partial charge on any atom is -0.301 e. The molecular formula is C16H25N3. The van der Waals surface area contributed by atoms with Gasteiger partial charge in [0.15, 0.2) is 0 Å². The summed E-state index contributed by atoms with van der Waals surface area (Å²) < 4.78 is 0. The Balaban J connectivity index is 1.86. The van der Waals surface area contributed by atoms with Gasteiger partial charge in [0.05, 0.1) is 18.1 Å². The maximum absolute atomic E-state index is 9.20. The lowest BCUT2D eigenvalue weighted by Gasteiger charge is -2.45. The zero-order chi connectivity index (χ0) is 13.6. The van der Waals surface area contributed by atoms with Crippen LogP contribution >= 0.6 is 0 Å². The van der Waals surface area contributed by atoms with Gasteiger partial charge in [0, 0.05) is 19.5 Å². The minimum absolute atomic E-state index is 0.0402. The molecule has 0 aromatic rings. The summed E-state index contributed by atoms with van der Waals surface area (Å²) in [6.07, 6.45) is 10.9. The number of rotatable bonds is 4. The molecule has 1 heterocycles. The molecule has 2 aliphatic rings. The monoisotopic (exact) mass is 259 g/mol. The molecule has 1 atom stereocenters. The Morgan fingerprint density at radius 3 is 2.47 bits per heavy atom. The highest BCUT2D eigenvalue weighted by Gasteiger charge is 2.36. The van der Waals surface area contributed by atoms with Gasteiger partial charge >= 0.3 is 0 Å². The zero-order valence-electron chi connectivity index (χ0n) is 11.9. The van der Waals surface area contributed by atoms with E-state index in [1.807, 2.05) is 0 Å². The molecule has 1 saturated carbocycles. The van der Waals surface area contributed by atoms with Crippen molar-refractivity contribution >= 4 is 0 Å². The first-order valence-electron chi connectivity index (χ1n) is 7.77. The summed E-state index contributed by atoms with van der Waals surface area (Å²) in [6, 6.07) is 4.54. The van der Waals surface area contributed by atoms with Crippen molar-refractivity contribution in [2.24, 2.45) is 11.3 Å². The van der Waals surface area contributed by atoms with Gasteiger partial charge in [0.1, 0.15) is 0 Å². The summed E-state index contributed by atoms with van der Waals surface area (Å²) >= 11 is 0. The van der Waals surface area contributed by atoms with Crippen LogP contribution in [0.4, 0.5) is 0 Å². The van der Waals surface area contributed by atoms with Gasteiger partial charge in [-0.25, -0.2) is 0 Å². The molecule has 0 aromatic heterocycles. The van der Waals surface area contributed by atoms with Crippen molar-refractivity contribution in [3.8, 4) is 12.1 Å². The zero-order valence-corrected chi connectivity index (χ0v) is 11.9. The van der Waals surface area contributed by atoms with Gasteiger partial charge in [-0.3, -0.25) is 0 Å². The highest BCUT2D eigenvalue weighted by atomic mass is 15.1. The van der Waals surface area contributed by atoms with Gasteiger partial charge in [0.2, 0.25) is 0 Å². The number of likely N-dealkylation sites (tertiary alicyclic amines) is 1. The Kier molecular flexibility index (Phi) is 5.23. The number of hydrogen-bond donors (Lipinski definition) is 0. The fourth-order valence-electron chi connectivity index (χ4n) is 3.92. The fourth-order valence-corrected chi connectivity index (χ4v) is 3.92. The van der Waals surface area contributed by atoms with Crippen LogP contribution in [0.15, 0.2) is 0 Å². The average Bonchev–Trinajstić information content (AvgIpc) is 2.44. The van der Waals surface area contributed by atoms with Gasteiger partial charge in [-0.15, -0.1) is 0 Å². The van der Waals surface area contributed by atoms with Gasteiger partial charge in [0.25, 0.3) is 0 Å². The Hall–Kier alpha value is -1.06. The maximum atomic E-state index is 9.20. The van der Waals surface area contributed by atoms with E-state index in [0.717, 1.165) is 19.5 Å². The Labute approximate surface area is 117 Å². The minimum atomic E-state index is 0.0402. The molecule has 1 saturated heterocycles. The summed E-state index contributed by atoms with van der Waals surface area (Å²) in [7, 11) is 0. The summed E-state index contributed by atoms with van der Waals surface area (Å²) in [5, 5.41) is 17.8. The van der Waals surface area contributed by atoms with E-state index in [1.54, 1.807) is 0 Å². The van der Waals surface area contributed by atoms with Crippen LogP contribution < -0.4 is 0 Å². The lowest BCUT2D eigenvalue weighted by Crippen LogP contribution is -2.45. The third-order valence-corrected chi connectivity index (χ3v) is 4.92. The quantitative estimate of drug-likeness (QED) is 0.776. The van der Waals surface area contributed by atoms with E-state index in [1.165, 1.54) is 51.5 Å². The number of piperidine rings is 1. The number of nitrogens with zero attached hydrogens (tertiary/aromatic N) is 3. The SMILES string of the molecule is N#CCC[C@@H](C#N)CN1CCCC2(CCCCC2)C1. The van der Waals surface area contributed by atoms with Gasteiger partial charge in [-0.2, -0.15) is 10.5 Å². The normalized spacial score (nSPS) is 24.5. The Morgan fingerprint density at radius 2 is 1.79 bits per heavy atom. The molecular weight excluding hydrogens is 234 g/mol. The lowest BCUT2D eigenvalue weighted by atomic mass is 9.69. The van der Waals surface area contributed by atoms with Crippen LogP contribution in [-0.4, -0.2) is 24.5 Å². The molecule has 0 radical (unpaired) electrons. The predicted molar refractivity (Wildman–Crippen MR) is 75.1 cm³/mol. The van der Waals surface area contributed by atoms with E-state index in [9.17, 15) is 5.26 Å². The summed E-state index contributed by atoms with van der Waals surface area (Å²) in [4.78, 5) is 2.50. The third-order valence-electron chi connectivity index (χ3n) is 4.92. The Morgan fingerprint density at radius 1 is 1.05 bits per heavy atom. The predicted octanol–water partition coefficient (Wildman–Crippen LogP) is 3.48. The topological polar surface area (TPSA) is 50.8 Å². The van der Waals surface area contributed by atoms with Crippen molar-refractivity contribution in [2.75, 3.05) is 19.6 Å². The molecule has 0 aromatic carbocycles. The van der Waals surface area contributed by atoms with E-state index < -0.39 is 0 Å². The van der Waals surface area contributed by atoms with E-state index >= 15 is 0 Å². The van der Waals surface area contributed by atoms with Crippen molar-refractivity contribution < 1.29 is 0 Å². The average molecular weight is 259 g/mol. The van der Waals surface area contributed by atoms with Crippen LogP contribution in [0.1, 0.15) is 57.8 Å². The number of hydrogen-bond acceptors (Lipinski definition) is 3. The van der Waals surface area contributed by atoms with Gasteiger partial charge in [-0.05, 0) is 44.1 Å². The highest BCUT2D eigenvalue weighted by molar-refractivity contribution is 4.93. The molecule has 0 N–H and O–H groups in total. The first-order chi connectivity index (χ1) is 9.28. The van der Waals surface area contributed by atoms with Crippen molar-refractivity contribution in [2.45, 2.75) is 57.8 Å². The second kappa shape index (κ2) is 6.92. The van der Waals surface area contributed by atoms with Crippen LogP contribution in [0.5, 0.6) is 0 Å². The van der Waals surface area contributed by atoms with E-state index in [-0.39, 0.29) is 5.92 Å². The summed E-state index contributed by atoms with van der Waals surface area (Å²) in [5.74, 6) is 0.0402. The van der Waals surface area contributed by atoms with Crippen molar-refractivity contribution in [1.29, 1.82) is 10.5 Å². The van der Waals surface area contributed by atoms with Crippen LogP contribution in [0.3, 0.4) is 0 Å². The lowest BCUT2D eigenvalue weighted by molar-refractivity contribution is 0.0482. The first kappa shape index (κ1) is 14.4.